The summed E-state index contributed by atoms with van der Waals surface area (Å²) in [5.41, 5.74) is 7.65. The van der Waals surface area contributed by atoms with E-state index in [1.54, 1.807) is 0 Å². The van der Waals surface area contributed by atoms with Gasteiger partial charge in [-0.3, -0.25) is 4.98 Å². The molecule has 0 saturated heterocycles. The maximum Gasteiger partial charge on any atom is 0.258 e. The van der Waals surface area contributed by atoms with Crippen molar-refractivity contribution >= 4 is 45.9 Å². The van der Waals surface area contributed by atoms with Crippen molar-refractivity contribution in [2.24, 2.45) is 0 Å². The first-order chi connectivity index (χ1) is 17.9. The van der Waals surface area contributed by atoms with Crippen LogP contribution in [0.2, 0.25) is 0 Å². The number of rotatable bonds is 1. The number of benzene rings is 5. The van der Waals surface area contributed by atoms with E-state index in [1.165, 1.54) is 60.0 Å². The second-order valence-corrected chi connectivity index (χ2v) is 13.1. The zero-order chi connectivity index (χ0) is 23.7. The molecule has 0 aliphatic carbocycles. The number of fused-ring (bicyclic) bond motifs is 12. The summed E-state index contributed by atoms with van der Waals surface area (Å²) in [6.45, 7) is 0. The maximum absolute atomic E-state index is 4.65. The molecule has 0 spiro atoms. The van der Waals surface area contributed by atoms with Gasteiger partial charge in [0.15, 0.2) is 0 Å². The van der Waals surface area contributed by atoms with E-state index in [4.69, 9.17) is 0 Å². The normalized spacial score (nSPS) is 16.9. The van der Waals surface area contributed by atoms with E-state index in [2.05, 4.69) is 137 Å². The molecule has 2 aliphatic rings. The van der Waals surface area contributed by atoms with Crippen LogP contribution >= 0.6 is 0 Å². The third-order valence-electron chi connectivity index (χ3n) is 7.89. The summed E-state index contributed by atoms with van der Waals surface area (Å²) in [6, 6.07) is 45.0. The Morgan fingerprint density at radius 1 is 0.500 bits per heavy atom. The minimum atomic E-state index is -2.74. The van der Waals surface area contributed by atoms with Crippen LogP contribution in [-0.2, 0) is 0 Å². The van der Waals surface area contributed by atoms with Crippen molar-refractivity contribution in [3.8, 4) is 22.3 Å². The molecule has 0 fully saturated rings. The van der Waals surface area contributed by atoms with Gasteiger partial charge >= 0.3 is 0 Å². The van der Waals surface area contributed by atoms with Gasteiger partial charge in [0.25, 0.3) is 8.24 Å². The van der Waals surface area contributed by atoms with Crippen molar-refractivity contribution in [2.75, 3.05) is 4.57 Å². The monoisotopic (exact) mass is 474 g/mol. The first kappa shape index (κ1) is 19.8. The lowest BCUT2D eigenvalue weighted by molar-refractivity contribution is 1.25. The van der Waals surface area contributed by atoms with Gasteiger partial charge in [0.1, 0.15) is 0 Å². The van der Waals surface area contributed by atoms with Gasteiger partial charge in [-0.1, -0.05) is 103 Å². The van der Waals surface area contributed by atoms with Gasteiger partial charge < -0.3 is 4.57 Å². The zero-order valence-corrected chi connectivity index (χ0v) is 20.6. The Bertz CT molecular complexity index is 1810. The Kier molecular flexibility index (Phi) is 3.99. The van der Waals surface area contributed by atoms with Crippen molar-refractivity contribution < 1.29 is 0 Å². The van der Waals surface area contributed by atoms with Crippen molar-refractivity contribution in [1.82, 2.24) is 4.98 Å². The number of anilines is 2. The van der Waals surface area contributed by atoms with Gasteiger partial charge in [0.2, 0.25) is 0 Å². The molecule has 8 rings (SSSR count). The minimum Gasteiger partial charge on any atom is -0.354 e. The second kappa shape index (κ2) is 7.26. The molecule has 0 N–H and O–H groups in total. The molecule has 168 valence electrons. The third-order valence-corrected chi connectivity index (χ3v) is 12.6. The van der Waals surface area contributed by atoms with E-state index in [1.807, 2.05) is 6.20 Å². The molecule has 1 aromatic heterocycles. The molecule has 3 heterocycles. The highest BCUT2D eigenvalue weighted by atomic mass is 28.3. The Hall–Kier alpha value is -4.47. The molecule has 0 bridgehead atoms. The molecular weight excluding hydrogens is 452 g/mol. The lowest BCUT2D eigenvalue weighted by atomic mass is 9.98. The number of pyridine rings is 1. The second-order valence-electron chi connectivity index (χ2n) is 9.61. The van der Waals surface area contributed by atoms with Crippen molar-refractivity contribution in [3.63, 3.8) is 0 Å². The van der Waals surface area contributed by atoms with E-state index < -0.39 is 8.24 Å². The van der Waals surface area contributed by atoms with Crippen molar-refractivity contribution in [2.45, 2.75) is 0 Å². The van der Waals surface area contributed by atoms with E-state index in [-0.39, 0.29) is 0 Å². The number of para-hydroxylation sites is 1. The fraction of sp³-hybridized carbons (Fsp3) is 0. The van der Waals surface area contributed by atoms with Crippen LogP contribution in [0, 0.1) is 0 Å². The predicted molar refractivity (Wildman–Crippen MR) is 152 cm³/mol. The topological polar surface area (TPSA) is 16.1 Å². The van der Waals surface area contributed by atoms with E-state index in [0.29, 0.717) is 0 Å². The van der Waals surface area contributed by atoms with E-state index >= 15 is 0 Å². The van der Waals surface area contributed by atoms with Gasteiger partial charge in [0, 0.05) is 23.0 Å². The standard InChI is InChI=1S/C33H22N2Si/c1-2-12-25(13-3-1)36-32-17-9-7-15-28(32)27-18-19-34-22-31(27)35(36)30-16-8-6-14-26(30)29-20-23-10-4-5-11-24(23)21-33(29)36/h1-22H. The Balaban J connectivity index is 1.65. The molecule has 36 heavy (non-hydrogen) atoms. The summed E-state index contributed by atoms with van der Waals surface area (Å²) in [5, 5.41) is 6.82. The van der Waals surface area contributed by atoms with Gasteiger partial charge in [-0.2, -0.15) is 0 Å². The van der Waals surface area contributed by atoms with Crippen LogP contribution in [0.5, 0.6) is 0 Å². The minimum absolute atomic E-state index is 1.19. The summed E-state index contributed by atoms with van der Waals surface area (Å²) in [6.07, 6.45) is 3.99. The summed E-state index contributed by atoms with van der Waals surface area (Å²) in [4.78, 5) is 4.65. The van der Waals surface area contributed by atoms with Crippen LogP contribution in [0.1, 0.15) is 0 Å². The highest BCUT2D eigenvalue weighted by Gasteiger charge is 2.55. The van der Waals surface area contributed by atoms with E-state index in [9.17, 15) is 0 Å². The quantitative estimate of drug-likeness (QED) is 0.272. The lowest BCUT2D eigenvalue weighted by Gasteiger charge is -2.52. The first-order valence-corrected chi connectivity index (χ1v) is 14.3. The molecule has 3 heteroatoms. The molecule has 0 saturated carbocycles. The maximum atomic E-state index is 4.65. The fourth-order valence-electron chi connectivity index (χ4n) is 6.48. The average Bonchev–Trinajstić information content (AvgIpc) is 2.96. The molecule has 0 amide bonds. The Morgan fingerprint density at radius 3 is 2.03 bits per heavy atom. The summed E-state index contributed by atoms with van der Waals surface area (Å²) < 4.78 is 2.68. The number of hydrogen-bond donors (Lipinski definition) is 0. The Labute approximate surface area is 211 Å². The highest BCUT2D eigenvalue weighted by molar-refractivity contribution is 7.16. The number of hydrogen-bond acceptors (Lipinski definition) is 2. The fourth-order valence-corrected chi connectivity index (χ4v) is 11.8. The first-order valence-electron chi connectivity index (χ1n) is 12.4. The van der Waals surface area contributed by atoms with Crippen molar-refractivity contribution in [1.29, 1.82) is 0 Å². The molecule has 1 unspecified atom stereocenters. The Morgan fingerprint density at radius 2 is 1.17 bits per heavy atom. The molecule has 0 radical (unpaired) electrons. The van der Waals surface area contributed by atoms with Crippen molar-refractivity contribution in [3.05, 3.63) is 134 Å². The number of nitrogens with zero attached hydrogens (tertiary/aromatic N) is 2. The molecule has 6 aromatic rings. The molecule has 2 nitrogen and oxygen atoms in total. The smallest absolute Gasteiger partial charge is 0.258 e. The van der Waals surface area contributed by atoms with Gasteiger partial charge in [-0.05, 0) is 55.7 Å². The lowest BCUT2D eigenvalue weighted by Crippen LogP contribution is -2.79. The van der Waals surface area contributed by atoms with Crippen LogP contribution in [-0.4, -0.2) is 13.2 Å². The molecule has 2 aliphatic heterocycles. The van der Waals surface area contributed by atoms with Crippen LogP contribution in [0.4, 0.5) is 11.4 Å². The van der Waals surface area contributed by atoms with Crippen LogP contribution in [0.15, 0.2) is 134 Å². The van der Waals surface area contributed by atoms with Gasteiger partial charge in [-0.15, -0.1) is 0 Å². The third kappa shape index (κ3) is 2.43. The average molecular weight is 475 g/mol. The number of aromatic nitrogens is 1. The van der Waals surface area contributed by atoms with E-state index in [0.717, 1.165) is 0 Å². The highest BCUT2D eigenvalue weighted by Crippen LogP contribution is 2.49. The SMILES string of the molecule is c1ccc([Si]23c4ccccc4-c4ccncc4N2c2ccccc2-c2cc4ccccc4cc23)cc1. The van der Waals surface area contributed by atoms with Crippen LogP contribution in [0.3, 0.4) is 0 Å². The predicted octanol–water partition coefficient (Wildman–Crippen LogP) is 6.00. The van der Waals surface area contributed by atoms with Crippen LogP contribution in [0.25, 0.3) is 33.0 Å². The summed E-state index contributed by atoms with van der Waals surface area (Å²) >= 11 is 0. The molecule has 5 aromatic carbocycles. The zero-order valence-electron chi connectivity index (χ0n) is 19.6. The summed E-state index contributed by atoms with van der Waals surface area (Å²) in [7, 11) is -2.74. The summed E-state index contributed by atoms with van der Waals surface area (Å²) in [5.74, 6) is 0. The molecule has 1 atom stereocenters. The van der Waals surface area contributed by atoms with Gasteiger partial charge in [0.05, 0.1) is 11.9 Å². The van der Waals surface area contributed by atoms with Gasteiger partial charge in [-0.25, -0.2) is 0 Å². The largest absolute Gasteiger partial charge is 0.354 e. The molecular formula is C33H22N2Si. The van der Waals surface area contributed by atoms with Crippen LogP contribution < -0.4 is 20.1 Å².